The number of carbonyl (C=O) groups is 4. The van der Waals surface area contributed by atoms with Crippen LogP contribution in [-0.2, 0) is 25.5 Å². The van der Waals surface area contributed by atoms with E-state index in [1.807, 2.05) is 0 Å². The number of phenolic OH excluding ortho intramolecular Hbond substituents is 1. The molecule has 1 fully saturated rings. The van der Waals surface area contributed by atoms with Crippen LogP contribution >= 0.6 is 0 Å². The Labute approximate surface area is 193 Å². The number of nitrogens with zero attached hydrogens (tertiary/aromatic N) is 1. The largest absolute Gasteiger partial charge is 0.508 e. The van der Waals surface area contributed by atoms with E-state index >= 15 is 0 Å². The van der Waals surface area contributed by atoms with Crippen LogP contribution in [-0.4, -0.2) is 81.6 Å². The zero-order chi connectivity index (χ0) is 25.3. The predicted molar refractivity (Wildman–Crippen MR) is 116 cm³/mol. The third-order valence-electron chi connectivity index (χ3n) is 7.01. The summed E-state index contributed by atoms with van der Waals surface area (Å²) in [5.41, 5.74) is 1.57. The van der Waals surface area contributed by atoms with E-state index in [2.05, 4.69) is 0 Å². The quantitative estimate of drug-likeness (QED) is 0.290. The van der Waals surface area contributed by atoms with E-state index in [0.29, 0.717) is 0 Å². The van der Waals surface area contributed by atoms with Gasteiger partial charge in [0.05, 0.1) is 24.3 Å². The van der Waals surface area contributed by atoms with Gasteiger partial charge in [-0.05, 0) is 50.6 Å². The monoisotopic (exact) mass is 472 g/mol. The number of hydrogen-bond donors (Lipinski definition) is 5. The van der Waals surface area contributed by atoms with Crippen LogP contribution in [0.2, 0.25) is 0 Å². The number of phenols is 1. The van der Waals surface area contributed by atoms with Crippen LogP contribution in [0.15, 0.2) is 29.0 Å². The molecular formula is C23H24N2O9. The van der Waals surface area contributed by atoms with Gasteiger partial charge in [0.15, 0.2) is 11.4 Å². The molecule has 11 heteroatoms. The third-order valence-corrected chi connectivity index (χ3v) is 7.01. The minimum Gasteiger partial charge on any atom is -0.508 e. The predicted octanol–water partition coefficient (Wildman–Crippen LogP) is -0.249. The van der Waals surface area contributed by atoms with Crippen LogP contribution in [0.5, 0.6) is 5.75 Å². The zero-order valence-electron chi connectivity index (χ0n) is 18.7. The van der Waals surface area contributed by atoms with E-state index in [9.17, 15) is 39.6 Å². The second-order valence-electron chi connectivity index (χ2n) is 8.94. The van der Waals surface area contributed by atoms with Gasteiger partial charge in [-0.3, -0.25) is 19.3 Å². The maximum atomic E-state index is 13.7. The first kappa shape index (κ1) is 23.5. The fourth-order valence-corrected chi connectivity index (χ4v) is 5.55. The Morgan fingerprint density at radius 2 is 1.82 bits per heavy atom. The van der Waals surface area contributed by atoms with Gasteiger partial charge in [-0.25, -0.2) is 4.79 Å². The van der Waals surface area contributed by atoms with Crippen molar-refractivity contribution in [2.75, 3.05) is 21.2 Å². The average Bonchev–Trinajstić information content (AvgIpc) is 2.75. The highest BCUT2D eigenvalue weighted by Gasteiger charge is 2.64. The van der Waals surface area contributed by atoms with Crippen LogP contribution in [0, 0.1) is 11.8 Å². The molecule has 1 aromatic carbocycles. The SMILES string of the molecule is COC(=O)c1ccc(O)c2c1C[C@@H]1C[C@H]3[C@H](N(C)C)C(=O)C(C(N)=O)=C(O)[C@@]3(O)C(=O)C1=C2O. The number of ketones is 2. The highest BCUT2D eigenvalue weighted by Crippen LogP contribution is 2.52. The summed E-state index contributed by atoms with van der Waals surface area (Å²) < 4.78 is 4.79. The molecule has 3 aliphatic carbocycles. The topological polar surface area (TPSA) is 188 Å². The molecule has 0 unspecified atom stereocenters. The number of benzene rings is 1. The van der Waals surface area contributed by atoms with Crippen LogP contribution in [0.1, 0.15) is 27.9 Å². The number of rotatable bonds is 3. The highest BCUT2D eigenvalue weighted by atomic mass is 16.5. The lowest BCUT2D eigenvalue weighted by molar-refractivity contribution is -0.153. The molecule has 0 aliphatic heterocycles. The number of esters is 1. The number of primary amides is 1. The van der Waals surface area contributed by atoms with E-state index in [4.69, 9.17) is 10.5 Å². The Morgan fingerprint density at radius 1 is 1.18 bits per heavy atom. The molecule has 1 amide bonds. The van der Waals surface area contributed by atoms with Crippen molar-refractivity contribution in [3.05, 3.63) is 45.7 Å². The van der Waals surface area contributed by atoms with Crippen molar-refractivity contribution in [2.45, 2.75) is 24.5 Å². The molecule has 3 aliphatic rings. The molecule has 6 N–H and O–H groups in total. The number of carbonyl (C=O) groups excluding carboxylic acids is 4. The van der Waals surface area contributed by atoms with E-state index in [1.165, 1.54) is 32.2 Å². The number of aromatic hydroxyl groups is 1. The Kier molecular flexibility index (Phi) is 5.29. The summed E-state index contributed by atoms with van der Waals surface area (Å²) in [6.45, 7) is 0. The van der Waals surface area contributed by atoms with Gasteiger partial charge in [0.2, 0.25) is 5.78 Å². The lowest BCUT2D eigenvalue weighted by Gasteiger charge is -2.50. The lowest BCUT2D eigenvalue weighted by atomic mass is 9.57. The molecule has 4 rings (SSSR count). The molecule has 0 saturated heterocycles. The number of ether oxygens (including phenoxy) is 1. The maximum absolute atomic E-state index is 13.7. The molecule has 0 heterocycles. The minimum atomic E-state index is -2.71. The Morgan fingerprint density at radius 3 is 2.38 bits per heavy atom. The second kappa shape index (κ2) is 7.67. The van der Waals surface area contributed by atoms with Gasteiger partial charge in [-0.1, -0.05) is 0 Å². The summed E-state index contributed by atoms with van der Waals surface area (Å²) in [7, 11) is 4.21. The average molecular weight is 472 g/mol. The highest BCUT2D eigenvalue weighted by molar-refractivity contribution is 6.24. The molecule has 1 saturated carbocycles. The number of aliphatic hydroxyl groups excluding tert-OH is 2. The normalized spacial score (nSPS) is 28.4. The number of methoxy groups -OCH3 is 1. The molecule has 34 heavy (non-hydrogen) atoms. The molecule has 180 valence electrons. The van der Waals surface area contributed by atoms with Crippen molar-refractivity contribution in [1.29, 1.82) is 0 Å². The number of Topliss-reactive ketones (excluding diaryl/α,β-unsaturated/α-hetero) is 2. The first-order chi connectivity index (χ1) is 15.9. The molecule has 1 aromatic rings. The molecule has 0 radical (unpaired) electrons. The smallest absolute Gasteiger partial charge is 0.338 e. The van der Waals surface area contributed by atoms with E-state index in [0.717, 1.165) is 6.07 Å². The molecule has 0 bridgehead atoms. The minimum absolute atomic E-state index is 0.00731. The van der Waals surface area contributed by atoms with Gasteiger partial charge in [-0.2, -0.15) is 0 Å². The Balaban J connectivity index is 1.99. The number of amides is 1. The molecule has 11 nitrogen and oxygen atoms in total. The van der Waals surface area contributed by atoms with Gasteiger partial charge in [0, 0.05) is 11.5 Å². The maximum Gasteiger partial charge on any atom is 0.338 e. The van der Waals surface area contributed by atoms with Crippen molar-refractivity contribution in [3.63, 3.8) is 0 Å². The van der Waals surface area contributed by atoms with Crippen LogP contribution in [0.4, 0.5) is 0 Å². The fourth-order valence-electron chi connectivity index (χ4n) is 5.55. The van der Waals surface area contributed by atoms with Crippen molar-refractivity contribution in [3.8, 4) is 5.75 Å². The first-order valence-corrected chi connectivity index (χ1v) is 10.5. The van der Waals surface area contributed by atoms with Crippen molar-refractivity contribution in [1.82, 2.24) is 4.90 Å². The number of aliphatic hydroxyl groups is 3. The fraction of sp³-hybridized carbons (Fsp3) is 0.391. The number of likely N-dealkylation sites (N-methyl/N-ethyl adjacent to an activating group) is 1. The Hall–Kier alpha value is -3.70. The van der Waals surface area contributed by atoms with E-state index < -0.39 is 69.8 Å². The van der Waals surface area contributed by atoms with Gasteiger partial charge >= 0.3 is 5.97 Å². The first-order valence-electron chi connectivity index (χ1n) is 10.5. The van der Waals surface area contributed by atoms with Gasteiger partial charge < -0.3 is 30.9 Å². The number of nitrogens with two attached hydrogens (primary N) is 1. The van der Waals surface area contributed by atoms with Crippen LogP contribution < -0.4 is 5.73 Å². The van der Waals surface area contributed by atoms with Gasteiger partial charge in [-0.15, -0.1) is 0 Å². The zero-order valence-corrected chi connectivity index (χ0v) is 18.7. The Bertz CT molecular complexity index is 1230. The summed E-state index contributed by atoms with van der Waals surface area (Å²) in [4.78, 5) is 52.4. The number of hydrogen-bond acceptors (Lipinski definition) is 10. The van der Waals surface area contributed by atoms with Crippen molar-refractivity contribution >= 4 is 29.2 Å². The van der Waals surface area contributed by atoms with Crippen molar-refractivity contribution < 1.29 is 44.3 Å². The third kappa shape index (κ3) is 2.90. The van der Waals surface area contributed by atoms with E-state index in [1.54, 1.807) is 0 Å². The van der Waals surface area contributed by atoms with Gasteiger partial charge in [0.1, 0.15) is 22.8 Å². The van der Waals surface area contributed by atoms with Crippen molar-refractivity contribution in [2.24, 2.45) is 17.6 Å². The summed E-state index contributed by atoms with van der Waals surface area (Å²) in [5.74, 6) is -8.15. The van der Waals surface area contributed by atoms with Gasteiger partial charge in [0.25, 0.3) is 5.91 Å². The number of fused-ring (bicyclic) bond motifs is 3. The summed E-state index contributed by atoms with van der Waals surface area (Å²) >= 11 is 0. The molecule has 0 aromatic heterocycles. The molecule has 4 atom stereocenters. The summed E-state index contributed by atoms with van der Waals surface area (Å²) in [6, 6.07) is 1.32. The second-order valence-corrected chi connectivity index (χ2v) is 8.94. The van der Waals surface area contributed by atoms with Crippen LogP contribution in [0.3, 0.4) is 0 Å². The molecule has 0 spiro atoms. The summed E-state index contributed by atoms with van der Waals surface area (Å²) in [6.07, 6.45) is -0.0601. The van der Waals surface area contributed by atoms with Crippen LogP contribution in [0.25, 0.3) is 5.76 Å². The lowest BCUT2D eigenvalue weighted by Crippen LogP contribution is -2.65. The summed E-state index contributed by atoms with van der Waals surface area (Å²) in [5, 5.41) is 43.7. The molecular weight excluding hydrogens is 448 g/mol. The van der Waals surface area contributed by atoms with E-state index in [-0.39, 0.29) is 35.1 Å². The standard InChI is InChI=1S/C23H24N2O9/c1-25(2)16-11-7-8-6-10-9(22(32)34-3)4-5-12(26)14(10)17(27)13(8)19(29)23(11,33)20(30)15(18(16)28)21(24)31/h4-5,8,11,16,26-27,30,33H,6-7H2,1-3H3,(H2,24,31)/t8-,11+,16+,23+/m1/s1.